The monoisotopic (exact) mass is 485 g/mol. The highest BCUT2D eigenvalue weighted by Crippen LogP contribution is 2.34. The lowest BCUT2D eigenvalue weighted by atomic mass is 10.1. The highest BCUT2D eigenvalue weighted by atomic mass is 32.2. The quantitative estimate of drug-likeness (QED) is 0.349. The Kier molecular flexibility index (Phi) is 7.55. The summed E-state index contributed by atoms with van der Waals surface area (Å²) in [5.74, 6) is -1.54. The van der Waals surface area contributed by atoms with Crippen LogP contribution in [0.4, 0.5) is 4.39 Å². The van der Waals surface area contributed by atoms with Gasteiger partial charge in [0.25, 0.3) is 0 Å². The van der Waals surface area contributed by atoms with Crippen LogP contribution in [0.2, 0.25) is 0 Å². The van der Waals surface area contributed by atoms with Gasteiger partial charge in [0.1, 0.15) is 10.7 Å². The molecule has 0 fully saturated rings. The van der Waals surface area contributed by atoms with Crippen LogP contribution in [0.1, 0.15) is 29.8 Å². The lowest BCUT2D eigenvalue weighted by Gasteiger charge is -2.05. The van der Waals surface area contributed by atoms with E-state index in [1.807, 2.05) is 0 Å². The second-order valence-electron chi connectivity index (χ2n) is 6.64. The molecule has 0 aliphatic carbocycles. The number of benzene rings is 1. The van der Waals surface area contributed by atoms with Gasteiger partial charge in [-0.1, -0.05) is 6.07 Å². The number of esters is 1. The summed E-state index contributed by atoms with van der Waals surface area (Å²) in [6.07, 6.45) is 1.52. The van der Waals surface area contributed by atoms with Gasteiger partial charge >= 0.3 is 5.97 Å². The Bertz CT molecular complexity index is 1210. The zero-order valence-corrected chi connectivity index (χ0v) is 19.2. The van der Waals surface area contributed by atoms with Crippen molar-refractivity contribution in [1.29, 1.82) is 0 Å². The highest BCUT2D eigenvalue weighted by Gasteiger charge is 2.23. The summed E-state index contributed by atoms with van der Waals surface area (Å²) >= 11 is 2.30. The first-order valence-corrected chi connectivity index (χ1v) is 12.6. The van der Waals surface area contributed by atoms with Gasteiger partial charge in [-0.3, -0.25) is 4.79 Å². The molecule has 0 saturated heterocycles. The smallest absolute Gasteiger partial charge is 0.349 e. The van der Waals surface area contributed by atoms with Crippen LogP contribution in [-0.4, -0.2) is 46.7 Å². The summed E-state index contributed by atoms with van der Waals surface area (Å²) in [4.78, 5) is 26.4. The fourth-order valence-electron chi connectivity index (χ4n) is 2.90. The van der Waals surface area contributed by atoms with Gasteiger partial charge in [-0.05, 0) is 30.7 Å². The molecule has 0 aliphatic heterocycles. The number of hydrogen-bond acceptors (Lipinski definition) is 8. The zero-order chi connectivity index (χ0) is 22.6. The largest absolute Gasteiger partial charge is 0.453 e. The van der Waals surface area contributed by atoms with Gasteiger partial charge in [0, 0.05) is 34.2 Å². The van der Waals surface area contributed by atoms with Crippen molar-refractivity contribution < 1.29 is 31.9 Å². The number of Topliss-reactive ketones (excluding diaryl/α,β-unsaturated/α-hetero) is 1. The summed E-state index contributed by atoms with van der Waals surface area (Å²) in [7, 11) is -1.82. The van der Waals surface area contributed by atoms with Gasteiger partial charge in [-0.15, -0.1) is 22.7 Å². The molecule has 1 N–H and O–H groups in total. The molecular weight excluding hydrogens is 465 g/mol. The van der Waals surface area contributed by atoms with Crippen LogP contribution >= 0.6 is 22.7 Å². The summed E-state index contributed by atoms with van der Waals surface area (Å²) in [5.41, 5.74) is 0.398. The number of nitrogens with one attached hydrogen (secondary N) is 1. The summed E-state index contributed by atoms with van der Waals surface area (Å²) in [6.45, 7) is -0.189. The van der Waals surface area contributed by atoms with E-state index in [1.165, 1.54) is 24.5 Å². The molecule has 0 radical (unpaired) electrons. The molecule has 2 heterocycles. The third kappa shape index (κ3) is 5.95. The second-order valence-corrected chi connectivity index (χ2v) is 10.7. The molecule has 166 valence electrons. The maximum Gasteiger partial charge on any atom is 0.349 e. The third-order valence-corrected chi connectivity index (χ3v) is 7.34. The number of halogens is 1. The fraction of sp³-hybridized carbons (Fsp3) is 0.300. The minimum absolute atomic E-state index is 0.0368. The molecule has 7 nitrogen and oxygen atoms in total. The molecule has 0 unspecified atom stereocenters. The number of carbonyl (C=O) groups is 2. The number of hydrogen-bond donors (Lipinski definition) is 1. The Morgan fingerprint density at radius 1 is 1.16 bits per heavy atom. The maximum absolute atomic E-state index is 14.2. The molecule has 0 bridgehead atoms. The van der Waals surface area contributed by atoms with E-state index < -0.39 is 28.4 Å². The predicted octanol–water partition coefficient (Wildman–Crippen LogP) is 3.38. The topological polar surface area (TPSA) is 98.8 Å². The average molecular weight is 486 g/mol. The first-order valence-electron chi connectivity index (χ1n) is 9.12. The Hall–Kier alpha value is -2.18. The van der Waals surface area contributed by atoms with Crippen LogP contribution in [0, 0.1) is 5.82 Å². The molecule has 31 heavy (non-hydrogen) atoms. The predicted molar refractivity (Wildman–Crippen MR) is 118 cm³/mol. The first-order chi connectivity index (χ1) is 14.7. The lowest BCUT2D eigenvalue weighted by molar-refractivity contribution is 0.0477. The van der Waals surface area contributed by atoms with Gasteiger partial charge < -0.3 is 9.47 Å². The molecule has 3 aromatic rings. The summed E-state index contributed by atoms with van der Waals surface area (Å²) in [5, 5.41) is 0.318. The minimum Gasteiger partial charge on any atom is -0.453 e. The van der Waals surface area contributed by atoms with Gasteiger partial charge in [0.15, 0.2) is 6.61 Å². The zero-order valence-electron chi connectivity index (χ0n) is 16.8. The standard InChI is InChI=1S/C20H20FNO6S3/c1-27-10-13-18-14(21)4-3-5-17(18)30-19(13)20(24)28-11-15(23)16-7-6-12(29-16)8-9-22-31(2,25)26/h3-7,22H,8-11H2,1-2H3. The number of ether oxygens (including phenoxy) is 2. The average Bonchev–Trinajstić information content (AvgIpc) is 3.31. The van der Waals surface area contributed by atoms with Gasteiger partial charge in [0.05, 0.1) is 17.7 Å². The van der Waals surface area contributed by atoms with E-state index in [9.17, 15) is 22.4 Å². The van der Waals surface area contributed by atoms with Crippen molar-refractivity contribution in [3.63, 3.8) is 0 Å². The van der Waals surface area contributed by atoms with E-state index in [0.717, 1.165) is 22.5 Å². The summed E-state index contributed by atoms with van der Waals surface area (Å²) < 4.78 is 49.7. The Labute approximate surface area is 186 Å². The highest BCUT2D eigenvalue weighted by molar-refractivity contribution is 7.88. The Balaban J connectivity index is 1.65. The Morgan fingerprint density at radius 3 is 2.65 bits per heavy atom. The Morgan fingerprint density at radius 2 is 1.94 bits per heavy atom. The van der Waals surface area contributed by atoms with Crippen LogP contribution in [0.15, 0.2) is 30.3 Å². The maximum atomic E-state index is 14.2. The van der Waals surface area contributed by atoms with Crippen LogP contribution in [-0.2, 0) is 32.5 Å². The first kappa shape index (κ1) is 23.5. The van der Waals surface area contributed by atoms with Crippen LogP contribution < -0.4 is 4.72 Å². The second kappa shape index (κ2) is 9.96. The minimum atomic E-state index is -3.27. The molecule has 0 aliphatic rings. The van der Waals surface area contributed by atoms with Crippen molar-refractivity contribution in [3.8, 4) is 0 Å². The molecular formula is C20H20FNO6S3. The van der Waals surface area contributed by atoms with Crippen molar-refractivity contribution in [2.75, 3.05) is 26.5 Å². The van der Waals surface area contributed by atoms with E-state index in [1.54, 1.807) is 24.3 Å². The molecule has 0 amide bonds. The number of ketones is 1. The van der Waals surface area contributed by atoms with E-state index in [4.69, 9.17) is 9.47 Å². The number of thiophene rings is 2. The van der Waals surface area contributed by atoms with E-state index >= 15 is 0 Å². The van der Waals surface area contributed by atoms with Gasteiger partial charge in [0.2, 0.25) is 15.8 Å². The van der Waals surface area contributed by atoms with Crippen molar-refractivity contribution in [3.05, 3.63) is 56.3 Å². The molecule has 2 aromatic heterocycles. The van der Waals surface area contributed by atoms with E-state index in [-0.39, 0.29) is 23.8 Å². The number of methoxy groups -OCH3 is 1. The molecule has 0 spiro atoms. The summed E-state index contributed by atoms with van der Waals surface area (Å²) in [6, 6.07) is 7.92. The lowest BCUT2D eigenvalue weighted by Crippen LogP contribution is -2.24. The molecule has 0 atom stereocenters. The number of rotatable bonds is 10. The molecule has 11 heteroatoms. The van der Waals surface area contributed by atoms with Crippen molar-refractivity contribution in [2.24, 2.45) is 0 Å². The number of sulfonamides is 1. The normalized spacial score (nSPS) is 11.7. The van der Waals surface area contributed by atoms with Gasteiger partial charge in [-0.2, -0.15) is 0 Å². The van der Waals surface area contributed by atoms with Crippen LogP contribution in [0.5, 0.6) is 0 Å². The van der Waals surface area contributed by atoms with Crippen molar-refractivity contribution in [1.82, 2.24) is 4.72 Å². The van der Waals surface area contributed by atoms with Crippen molar-refractivity contribution >= 4 is 54.5 Å². The SMILES string of the molecule is COCc1c(C(=O)OCC(=O)c2ccc(CCNS(C)(=O)=O)s2)sc2cccc(F)c12. The third-order valence-electron chi connectivity index (χ3n) is 4.24. The van der Waals surface area contributed by atoms with Crippen molar-refractivity contribution in [2.45, 2.75) is 13.0 Å². The number of fused-ring (bicyclic) bond motifs is 1. The van der Waals surface area contributed by atoms with E-state index in [2.05, 4.69) is 4.72 Å². The van der Waals surface area contributed by atoms with Gasteiger partial charge in [-0.25, -0.2) is 22.3 Å². The number of carbonyl (C=O) groups excluding carboxylic acids is 2. The molecule has 0 saturated carbocycles. The van der Waals surface area contributed by atoms with Crippen LogP contribution in [0.3, 0.4) is 0 Å². The van der Waals surface area contributed by atoms with Crippen LogP contribution in [0.25, 0.3) is 10.1 Å². The molecule has 1 aromatic carbocycles. The van der Waals surface area contributed by atoms with E-state index in [0.29, 0.717) is 26.9 Å². The fourth-order valence-corrected chi connectivity index (χ4v) is 5.42. The molecule has 3 rings (SSSR count).